The van der Waals surface area contributed by atoms with Crippen LogP contribution in [0.1, 0.15) is 65.0 Å². The molecule has 2 aromatic rings. The van der Waals surface area contributed by atoms with E-state index >= 15 is 0 Å². The molecule has 11 heteroatoms. The molecule has 0 saturated heterocycles. The standard InChI is InChI=1S/C20H28N6O5/c1-7-30-19(27)12(20(28)31-8-2)9-21-17-13(22-15(24-17)10(3)4)14-18(26-29)25-16(23-14)11(5)6/h9-11,21H,7-8H2,1-6H3,(H,22,24)(H,23,25). The lowest BCUT2D eigenvalue weighted by Gasteiger charge is -2.07. The molecule has 0 fully saturated rings. The zero-order chi connectivity index (χ0) is 23.1. The second kappa shape index (κ2) is 10.5. The molecule has 0 atom stereocenters. The minimum Gasteiger partial charge on any atom is -0.462 e. The molecule has 2 heterocycles. The minimum atomic E-state index is -0.825. The van der Waals surface area contributed by atoms with Gasteiger partial charge < -0.3 is 24.8 Å². The number of aromatic amines is 2. The van der Waals surface area contributed by atoms with Crippen molar-refractivity contribution in [1.82, 2.24) is 19.9 Å². The molecule has 0 aliphatic heterocycles. The smallest absolute Gasteiger partial charge is 0.347 e. The number of aromatic nitrogens is 4. The molecule has 0 aromatic carbocycles. The summed E-state index contributed by atoms with van der Waals surface area (Å²) < 4.78 is 9.87. The van der Waals surface area contributed by atoms with E-state index in [1.54, 1.807) is 13.8 Å². The average molecular weight is 432 g/mol. The van der Waals surface area contributed by atoms with Crippen LogP contribution in [0.25, 0.3) is 11.4 Å². The van der Waals surface area contributed by atoms with Gasteiger partial charge in [-0.15, -0.1) is 4.91 Å². The number of H-pyrrole nitrogens is 2. The van der Waals surface area contributed by atoms with Crippen LogP contribution >= 0.6 is 0 Å². The van der Waals surface area contributed by atoms with E-state index in [1.165, 1.54) is 6.20 Å². The van der Waals surface area contributed by atoms with Gasteiger partial charge in [-0.2, -0.15) is 0 Å². The second-order valence-electron chi connectivity index (χ2n) is 7.21. The molecular formula is C20H28N6O5. The Kier molecular flexibility index (Phi) is 8.06. The summed E-state index contributed by atoms with van der Waals surface area (Å²) in [4.78, 5) is 50.7. The maximum Gasteiger partial charge on any atom is 0.347 e. The Balaban J connectivity index is 2.53. The van der Waals surface area contributed by atoms with Crippen LogP contribution in [-0.4, -0.2) is 45.1 Å². The fourth-order valence-corrected chi connectivity index (χ4v) is 2.61. The Morgan fingerprint density at radius 1 is 0.968 bits per heavy atom. The molecule has 3 N–H and O–H groups in total. The largest absolute Gasteiger partial charge is 0.462 e. The van der Waals surface area contributed by atoms with Crippen LogP contribution in [0.15, 0.2) is 16.9 Å². The number of carbonyl (C=O) groups is 2. The van der Waals surface area contributed by atoms with Crippen molar-refractivity contribution < 1.29 is 19.1 Å². The SMILES string of the molecule is CCOC(=O)C(=CNc1nc(C(C)C)[nH]c1-c1[nH]c(C(C)C)nc1N=O)C(=O)OCC. The van der Waals surface area contributed by atoms with Gasteiger partial charge in [0, 0.05) is 18.0 Å². The second-order valence-corrected chi connectivity index (χ2v) is 7.21. The van der Waals surface area contributed by atoms with Gasteiger partial charge in [-0.05, 0) is 19.0 Å². The first-order valence-corrected chi connectivity index (χ1v) is 10.1. The van der Waals surface area contributed by atoms with Gasteiger partial charge in [0.1, 0.15) is 23.0 Å². The van der Waals surface area contributed by atoms with E-state index < -0.39 is 11.9 Å². The highest BCUT2D eigenvalue weighted by Gasteiger charge is 2.24. The number of anilines is 1. The lowest BCUT2D eigenvalue weighted by molar-refractivity contribution is -0.146. The van der Waals surface area contributed by atoms with Crippen molar-refractivity contribution in [2.75, 3.05) is 18.5 Å². The van der Waals surface area contributed by atoms with E-state index in [0.29, 0.717) is 23.0 Å². The normalized spacial score (nSPS) is 10.8. The molecule has 0 bridgehead atoms. The van der Waals surface area contributed by atoms with Gasteiger partial charge in [-0.1, -0.05) is 27.7 Å². The zero-order valence-electron chi connectivity index (χ0n) is 18.5. The number of nitrogens with one attached hydrogen (secondary N) is 3. The Bertz CT molecular complexity index is 953. The molecule has 0 amide bonds. The van der Waals surface area contributed by atoms with E-state index in [9.17, 15) is 14.5 Å². The lowest BCUT2D eigenvalue weighted by Crippen LogP contribution is -2.19. The predicted molar refractivity (Wildman–Crippen MR) is 115 cm³/mol. The van der Waals surface area contributed by atoms with Gasteiger partial charge in [-0.25, -0.2) is 19.6 Å². The summed E-state index contributed by atoms with van der Waals surface area (Å²) in [5.41, 5.74) is 0.453. The van der Waals surface area contributed by atoms with Crippen LogP contribution in [0.5, 0.6) is 0 Å². The van der Waals surface area contributed by atoms with E-state index in [0.717, 1.165) is 0 Å². The lowest BCUT2D eigenvalue weighted by atomic mass is 10.2. The molecule has 0 spiro atoms. The highest BCUT2D eigenvalue weighted by molar-refractivity contribution is 6.14. The summed E-state index contributed by atoms with van der Waals surface area (Å²) in [6, 6.07) is 0. The number of imidazole rings is 2. The van der Waals surface area contributed by atoms with Crippen molar-refractivity contribution in [3.63, 3.8) is 0 Å². The molecule has 0 saturated carbocycles. The number of nitroso groups, excluding NO2 is 1. The monoisotopic (exact) mass is 432 g/mol. The van der Waals surface area contributed by atoms with Crippen molar-refractivity contribution >= 4 is 23.6 Å². The van der Waals surface area contributed by atoms with Gasteiger partial charge in [0.25, 0.3) is 0 Å². The summed E-state index contributed by atoms with van der Waals surface area (Å²) in [7, 11) is 0. The fourth-order valence-electron chi connectivity index (χ4n) is 2.61. The summed E-state index contributed by atoms with van der Waals surface area (Å²) in [5.74, 6) is -0.112. The summed E-state index contributed by atoms with van der Waals surface area (Å²) in [6.07, 6.45) is 1.17. The van der Waals surface area contributed by atoms with E-state index in [2.05, 4.69) is 30.4 Å². The van der Waals surface area contributed by atoms with E-state index in [-0.39, 0.29) is 42.3 Å². The highest BCUT2D eigenvalue weighted by atomic mass is 16.6. The summed E-state index contributed by atoms with van der Waals surface area (Å²) in [6.45, 7) is 11.2. The third-order valence-corrected chi connectivity index (χ3v) is 4.20. The Hall–Kier alpha value is -3.50. The molecule has 0 aliphatic carbocycles. The highest BCUT2D eigenvalue weighted by Crippen LogP contribution is 2.34. The molecule has 0 aliphatic rings. The first-order chi connectivity index (χ1) is 14.7. The third kappa shape index (κ3) is 5.56. The Morgan fingerprint density at radius 3 is 1.97 bits per heavy atom. The van der Waals surface area contributed by atoms with Crippen LogP contribution < -0.4 is 5.32 Å². The fraction of sp³-hybridized carbons (Fsp3) is 0.500. The number of carbonyl (C=O) groups excluding carboxylic acids is 2. The number of hydrogen-bond donors (Lipinski definition) is 3. The van der Waals surface area contributed by atoms with E-state index in [1.807, 2.05) is 27.7 Å². The zero-order valence-corrected chi connectivity index (χ0v) is 18.5. The van der Waals surface area contributed by atoms with Gasteiger partial charge in [0.15, 0.2) is 11.4 Å². The molecule has 11 nitrogen and oxygen atoms in total. The number of nitrogens with zero attached hydrogens (tertiary/aromatic N) is 3. The molecule has 0 unspecified atom stereocenters. The van der Waals surface area contributed by atoms with Crippen molar-refractivity contribution in [2.45, 2.75) is 53.4 Å². The molecule has 168 valence electrons. The minimum absolute atomic E-state index is 0.0225. The Labute approximate surface area is 180 Å². The maximum atomic E-state index is 12.2. The molecular weight excluding hydrogens is 404 g/mol. The molecule has 2 rings (SSSR count). The van der Waals surface area contributed by atoms with Gasteiger partial charge >= 0.3 is 11.9 Å². The number of esters is 2. The third-order valence-electron chi connectivity index (χ3n) is 4.20. The van der Waals surface area contributed by atoms with Crippen molar-refractivity contribution in [2.24, 2.45) is 5.18 Å². The number of rotatable bonds is 10. The van der Waals surface area contributed by atoms with Crippen LogP contribution in [-0.2, 0) is 19.1 Å². The number of ether oxygens (including phenoxy) is 2. The quantitative estimate of drug-likeness (QED) is 0.168. The first kappa shape index (κ1) is 23.8. The number of hydrogen-bond acceptors (Lipinski definition) is 9. The molecule has 0 radical (unpaired) electrons. The average Bonchev–Trinajstić information content (AvgIpc) is 3.32. The Morgan fingerprint density at radius 2 is 1.48 bits per heavy atom. The van der Waals surface area contributed by atoms with Crippen molar-refractivity contribution in [3.8, 4) is 11.4 Å². The summed E-state index contributed by atoms with van der Waals surface area (Å²) >= 11 is 0. The van der Waals surface area contributed by atoms with Crippen LogP contribution in [0.4, 0.5) is 11.6 Å². The van der Waals surface area contributed by atoms with Gasteiger partial charge in [-0.3, -0.25) is 0 Å². The van der Waals surface area contributed by atoms with Gasteiger partial charge in [0.2, 0.25) is 5.82 Å². The van der Waals surface area contributed by atoms with Crippen LogP contribution in [0.3, 0.4) is 0 Å². The maximum absolute atomic E-state index is 12.2. The van der Waals surface area contributed by atoms with Gasteiger partial charge in [0.05, 0.1) is 13.2 Å². The van der Waals surface area contributed by atoms with E-state index in [4.69, 9.17) is 9.47 Å². The predicted octanol–water partition coefficient (Wildman–Crippen LogP) is 3.87. The first-order valence-electron chi connectivity index (χ1n) is 10.1. The van der Waals surface area contributed by atoms with Crippen LogP contribution in [0.2, 0.25) is 0 Å². The molecule has 2 aromatic heterocycles. The summed E-state index contributed by atoms with van der Waals surface area (Å²) in [5, 5.41) is 5.87. The van der Waals surface area contributed by atoms with Crippen LogP contribution in [0, 0.1) is 4.91 Å². The molecule has 31 heavy (non-hydrogen) atoms. The topological polar surface area (TPSA) is 151 Å². The van der Waals surface area contributed by atoms with Crippen molar-refractivity contribution in [3.05, 3.63) is 28.3 Å². The van der Waals surface area contributed by atoms with Crippen molar-refractivity contribution in [1.29, 1.82) is 0 Å².